The van der Waals surface area contributed by atoms with E-state index >= 15 is 0 Å². The highest BCUT2D eigenvalue weighted by Gasteiger charge is 2.48. The van der Waals surface area contributed by atoms with Crippen molar-refractivity contribution >= 4 is 54.2 Å². The fourth-order valence-electron chi connectivity index (χ4n) is 6.63. The maximum atomic E-state index is 7.35. The molecule has 0 saturated carbocycles. The van der Waals surface area contributed by atoms with E-state index in [9.17, 15) is 0 Å². The van der Waals surface area contributed by atoms with E-state index in [0.717, 1.165) is 73.1 Å². The average Bonchev–Trinajstić information content (AvgIpc) is 2.93. The molecule has 0 aromatic heterocycles. The number of benzene rings is 2. The molecule has 2 atom stereocenters. The van der Waals surface area contributed by atoms with Crippen LogP contribution in [0.3, 0.4) is 0 Å². The number of nitrogens with zero attached hydrogens (tertiary/aromatic N) is 4. The summed E-state index contributed by atoms with van der Waals surface area (Å²) in [6.45, 7) is 25.9. The topological polar surface area (TPSA) is 55.8 Å². The van der Waals surface area contributed by atoms with Crippen LogP contribution in [0.25, 0.3) is 0 Å². The van der Waals surface area contributed by atoms with Crippen molar-refractivity contribution in [1.82, 2.24) is 4.90 Å². The number of hydrogen-bond acceptors (Lipinski definition) is 7. The Morgan fingerprint density at radius 3 is 1.74 bits per heavy atom. The zero-order valence-electron chi connectivity index (χ0n) is 34.6. The van der Waals surface area contributed by atoms with Gasteiger partial charge in [-0.3, -0.25) is 5.01 Å². The molecule has 2 aromatic rings. The second kappa shape index (κ2) is 19.2. The van der Waals surface area contributed by atoms with Crippen LogP contribution in [-0.4, -0.2) is 113 Å². The third kappa shape index (κ3) is 19.0. The van der Waals surface area contributed by atoms with Gasteiger partial charge in [0.25, 0.3) is 0 Å². The second-order valence-electron chi connectivity index (χ2n) is 17.6. The molecule has 0 amide bonds. The molecule has 0 aliphatic carbocycles. The first-order valence-corrected chi connectivity index (χ1v) is 33.3. The molecule has 0 heterocycles. The largest absolute Gasteiger partial charge is 0.437 e. The summed E-state index contributed by atoms with van der Waals surface area (Å²) < 4.78 is 29.2. The predicted octanol–water partition coefficient (Wildman–Crippen LogP) is 9.09. The molecule has 0 spiro atoms. The van der Waals surface area contributed by atoms with Crippen molar-refractivity contribution < 1.29 is 20.9 Å². The van der Waals surface area contributed by atoms with E-state index < -0.39 is 42.3 Å². The van der Waals surface area contributed by atoms with Crippen LogP contribution < -0.4 is 5.01 Å². The third-order valence-corrected chi connectivity index (χ3v) is 26.6. The van der Waals surface area contributed by atoms with Crippen LogP contribution in [0, 0.1) is 0 Å². The van der Waals surface area contributed by atoms with Gasteiger partial charge in [-0.1, -0.05) is 42.5 Å². The lowest BCUT2D eigenvalue weighted by atomic mass is 10.1. The van der Waals surface area contributed by atoms with Gasteiger partial charge in [-0.05, 0) is 141 Å². The van der Waals surface area contributed by atoms with E-state index in [1.807, 2.05) is 36.5 Å². The Balaban J connectivity index is 2.05. The van der Waals surface area contributed by atoms with E-state index in [-0.39, 0.29) is 0 Å². The van der Waals surface area contributed by atoms with Gasteiger partial charge in [-0.25, -0.2) is 0 Å². The number of aryl methyl sites for hydroxylation is 1. The van der Waals surface area contributed by atoms with Crippen molar-refractivity contribution in [2.75, 3.05) is 59.9 Å². The SMILES string of the molecule is CN(C)CCC[Si](C)(O[Si](C)(C)C)O[Si](C)(CCC[N+](C)(C)CCCc1ccc(/C=N/N(C)c2ccccc2)cc1)O[Si](C)(C)O[Si](C)(C)C. The molecule has 0 saturated heterocycles. The zero-order valence-corrected chi connectivity index (χ0v) is 39.6. The number of hydrogen-bond donors (Lipinski definition) is 0. The first-order valence-electron chi connectivity index (χ1n) is 18.6. The normalized spacial score (nSPS) is 15.8. The lowest BCUT2D eigenvalue weighted by Crippen LogP contribution is -2.60. The molecule has 0 aliphatic heterocycles. The van der Waals surface area contributed by atoms with Gasteiger partial charge >= 0.3 is 25.7 Å². The fraction of sp³-hybridized carbons (Fsp3) is 0.649. The predicted molar refractivity (Wildman–Crippen MR) is 228 cm³/mol. The van der Waals surface area contributed by atoms with Crippen molar-refractivity contribution in [1.29, 1.82) is 0 Å². The molecule has 8 nitrogen and oxygen atoms in total. The van der Waals surface area contributed by atoms with E-state index in [4.69, 9.17) is 16.5 Å². The third-order valence-electron chi connectivity index (χ3n) is 8.32. The van der Waals surface area contributed by atoms with Gasteiger partial charge < -0.3 is 25.8 Å². The Bertz CT molecular complexity index is 1300. The lowest BCUT2D eigenvalue weighted by Gasteiger charge is -2.44. The summed E-state index contributed by atoms with van der Waals surface area (Å²) in [7, 11) is -0.169. The molecule has 2 aromatic carbocycles. The summed E-state index contributed by atoms with van der Waals surface area (Å²) in [5.41, 5.74) is 3.55. The molecule has 0 fully saturated rings. The zero-order chi connectivity index (χ0) is 37.9. The molecular formula is C37H73N4O4Si5+. The fourth-order valence-corrected chi connectivity index (χ4v) is 30.4. The highest BCUT2D eigenvalue weighted by Crippen LogP contribution is 2.32. The Morgan fingerprint density at radius 1 is 0.640 bits per heavy atom. The van der Waals surface area contributed by atoms with E-state index in [0.29, 0.717) is 0 Å². The molecule has 0 aliphatic rings. The van der Waals surface area contributed by atoms with Gasteiger partial charge in [-0.2, -0.15) is 5.10 Å². The quantitative estimate of drug-likeness (QED) is 0.0486. The summed E-state index contributed by atoms with van der Waals surface area (Å²) >= 11 is 0. The Morgan fingerprint density at radius 2 is 1.18 bits per heavy atom. The van der Waals surface area contributed by atoms with Gasteiger partial charge in [0.2, 0.25) is 0 Å². The van der Waals surface area contributed by atoms with Crippen LogP contribution >= 0.6 is 0 Å². The molecular weight excluding hydrogens is 705 g/mol. The number of hydrazone groups is 1. The minimum atomic E-state index is -2.64. The van der Waals surface area contributed by atoms with Crippen LogP contribution in [0.5, 0.6) is 0 Å². The summed E-state index contributed by atoms with van der Waals surface area (Å²) in [4.78, 5) is 2.26. The number of anilines is 1. The number of rotatable bonds is 23. The molecule has 0 radical (unpaired) electrons. The monoisotopic (exact) mass is 777 g/mol. The van der Waals surface area contributed by atoms with Crippen LogP contribution in [0.15, 0.2) is 59.7 Å². The van der Waals surface area contributed by atoms with Gasteiger partial charge in [0.1, 0.15) is 0 Å². The Labute approximate surface area is 312 Å². The van der Waals surface area contributed by atoms with Crippen molar-refractivity contribution in [3.8, 4) is 0 Å². The van der Waals surface area contributed by atoms with Gasteiger partial charge in [0.05, 0.1) is 39.1 Å². The van der Waals surface area contributed by atoms with Crippen molar-refractivity contribution in [3.63, 3.8) is 0 Å². The minimum absolute atomic E-state index is 0.952. The highest BCUT2D eigenvalue weighted by molar-refractivity contribution is 6.90. The summed E-state index contributed by atoms with van der Waals surface area (Å²) in [5, 5.41) is 6.50. The van der Waals surface area contributed by atoms with Crippen LogP contribution in [0.2, 0.25) is 77.6 Å². The maximum absolute atomic E-state index is 7.35. The highest BCUT2D eigenvalue weighted by atomic mass is 28.5. The van der Waals surface area contributed by atoms with Crippen molar-refractivity contribution in [2.24, 2.45) is 5.10 Å². The van der Waals surface area contributed by atoms with Crippen molar-refractivity contribution in [3.05, 3.63) is 65.7 Å². The first kappa shape index (κ1) is 44.9. The minimum Gasteiger partial charge on any atom is -0.437 e. The summed E-state index contributed by atoms with van der Waals surface area (Å²) in [6, 6.07) is 21.0. The lowest BCUT2D eigenvalue weighted by molar-refractivity contribution is -0.890. The molecule has 0 bridgehead atoms. The average molecular weight is 778 g/mol. The van der Waals surface area contributed by atoms with Crippen LogP contribution in [0.1, 0.15) is 30.4 Å². The smallest absolute Gasteiger partial charge is 0.317 e. The van der Waals surface area contributed by atoms with E-state index in [1.54, 1.807) is 0 Å². The molecule has 2 rings (SSSR count). The number of para-hydroxylation sites is 1. The molecule has 284 valence electrons. The Kier molecular flexibility index (Phi) is 17.2. The van der Waals surface area contributed by atoms with Crippen molar-refractivity contribution in [2.45, 2.75) is 103 Å². The molecule has 50 heavy (non-hydrogen) atoms. The Hall–Kier alpha value is -1.25. The van der Waals surface area contributed by atoms with E-state index in [2.05, 4.69) is 140 Å². The molecule has 13 heteroatoms. The van der Waals surface area contributed by atoms with Crippen LogP contribution in [-0.2, 0) is 22.9 Å². The van der Waals surface area contributed by atoms with E-state index in [1.165, 1.54) is 5.56 Å². The summed E-state index contributed by atoms with van der Waals surface area (Å²) in [6.07, 6.45) is 6.27. The first-order chi connectivity index (χ1) is 22.9. The molecule has 2 unspecified atom stereocenters. The van der Waals surface area contributed by atoms with Gasteiger partial charge in [0.15, 0.2) is 16.6 Å². The molecule has 0 N–H and O–H groups in total. The van der Waals surface area contributed by atoms with Gasteiger partial charge in [-0.15, -0.1) is 0 Å². The number of quaternary nitrogens is 1. The standard InChI is InChI=1S/C37H73N4O4Si5/c1-39(2)29-20-32-49(14,43-47(9,10)11)45-50(15,44-48(12,13)42-46(6,7)8)33-21-31-41(4,5)30-19-22-35-25-27-36(28-26-35)34-38-40(3)37-23-17-16-18-24-37/h16-18,23-28,34H,19-22,29-33H2,1-15H3/q+1/b38-34+. The maximum Gasteiger partial charge on any atom is 0.317 e. The van der Waals surface area contributed by atoms with Gasteiger partial charge in [0, 0.05) is 13.5 Å². The van der Waals surface area contributed by atoms with Crippen LogP contribution in [0.4, 0.5) is 5.69 Å². The second-order valence-corrected chi connectivity index (χ2v) is 37.7. The summed E-state index contributed by atoms with van der Waals surface area (Å²) in [5.74, 6) is 0.